The lowest BCUT2D eigenvalue weighted by Crippen LogP contribution is -2.26. The molecule has 0 bridgehead atoms. The van der Waals surface area contributed by atoms with Gasteiger partial charge in [-0.15, -0.1) is 11.3 Å². The Morgan fingerprint density at radius 1 is 1.26 bits per heavy atom. The molecule has 2 aromatic heterocycles. The molecule has 3 heterocycles. The van der Waals surface area contributed by atoms with Crippen molar-refractivity contribution >= 4 is 22.2 Å². The first-order valence-electron chi connectivity index (χ1n) is 8.06. The second-order valence-corrected chi connectivity index (χ2v) is 6.97. The van der Waals surface area contributed by atoms with E-state index in [1.165, 1.54) is 17.7 Å². The molecule has 118 valence electrons. The number of thiophene rings is 1. The molecule has 4 nitrogen and oxygen atoms in total. The van der Waals surface area contributed by atoms with E-state index in [0.29, 0.717) is 11.4 Å². The van der Waals surface area contributed by atoms with E-state index in [2.05, 4.69) is 32.4 Å². The highest BCUT2D eigenvalue weighted by Crippen LogP contribution is 2.34. The van der Waals surface area contributed by atoms with E-state index < -0.39 is 0 Å². The maximum absolute atomic E-state index is 12.1. The third kappa shape index (κ3) is 2.94. The average molecular weight is 325 g/mol. The Kier molecular flexibility index (Phi) is 3.97. The molecule has 23 heavy (non-hydrogen) atoms. The van der Waals surface area contributed by atoms with Crippen LogP contribution in [0.2, 0.25) is 0 Å². The number of H-pyrrole nitrogens is 1. The smallest absolute Gasteiger partial charge is 0.258 e. The zero-order valence-electron chi connectivity index (χ0n) is 12.9. The van der Waals surface area contributed by atoms with Crippen molar-refractivity contribution < 1.29 is 0 Å². The molecule has 1 aromatic carbocycles. The molecule has 1 N–H and O–H groups in total. The second kappa shape index (κ2) is 6.26. The molecule has 0 unspecified atom stereocenters. The molecular weight excluding hydrogens is 306 g/mol. The van der Waals surface area contributed by atoms with Gasteiger partial charge in [-0.2, -0.15) is 0 Å². The van der Waals surface area contributed by atoms with Crippen molar-refractivity contribution in [2.45, 2.75) is 25.3 Å². The summed E-state index contributed by atoms with van der Waals surface area (Å²) in [5.41, 5.74) is 0.740. The minimum absolute atomic E-state index is 0.0400. The van der Waals surface area contributed by atoms with Crippen molar-refractivity contribution in [3.8, 4) is 0 Å². The van der Waals surface area contributed by atoms with Crippen LogP contribution in [0.4, 0.5) is 0 Å². The van der Waals surface area contributed by atoms with Crippen LogP contribution >= 0.6 is 11.3 Å². The summed E-state index contributed by atoms with van der Waals surface area (Å²) in [5.74, 6) is 0.783. The number of para-hydroxylation sites is 1. The molecule has 1 aliphatic rings. The summed E-state index contributed by atoms with van der Waals surface area (Å²) >= 11 is 1.83. The molecule has 1 aliphatic heterocycles. The van der Waals surface area contributed by atoms with Crippen LogP contribution in [0.3, 0.4) is 0 Å². The fraction of sp³-hybridized carbons (Fsp3) is 0.333. The lowest BCUT2D eigenvalue weighted by atomic mass is 10.2. The molecule has 0 aliphatic carbocycles. The summed E-state index contributed by atoms with van der Waals surface area (Å²) in [4.78, 5) is 23.6. The van der Waals surface area contributed by atoms with E-state index in [0.717, 1.165) is 30.9 Å². The molecule has 3 aromatic rings. The molecule has 1 saturated heterocycles. The molecule has 1 fully saturated rings. The van der Waals surface area contributed by atoms with Crippen molar-refractivity contribution in [3.05, 3.63) is 62.8 Å². The first-order valence-corrected chi connectivity index (χ1v) is 8.94. The second-order valence-electron chi connectivity index (χ2n) is 5.99. The molecule has 1 atom stereocenters. The first-order chi connectivity index (χ1) is 11.3. The predicted octanol–water partition coefficient (Wildman–Crippen LogP) is 3.36. The summed E-state index contributed by atoms with van der Waals surface area (Å²) in [6, 6.07) is 12.4. The van der Waals surface area contributed by atoms with Gasteiger partial charge in [0.15, 0.2) is 0 Å². The normalized spacial score (nSPS) is 18.7. The fourth-order valence-electron chi connectivity index (χ4n) is 3.40. The molecule has 0 saturated carbocycles. The van der Waals surface area contributed by atoms with Crippen LogP contribution in [0.25, 0.3) is 10.9 Å². The van der Waals surface area contributed by atoms with Crippen molar-refractivity contribution in [2.75, 3.05) is 13.1 Å². The van der Waals surface area contributed by atoms with Gasteiger partial charge in [-0.3, -0.25) is 9.69 Å². The lowest BCUT2D eigenvalue weighted by molar-refractivity contribution is 0.262. The van der Waals surface area contributed by atoms with E-state index in [9.17, 15) is 4.79 Å². The number of aromatic nitrogens is 2. The number of hydrogen-bond acceptors (Lipinski definition) is 4. The Hall–Kier alpha value is -1.98. The van der Waals surface area contributed by atoms with Gasteiger partial charge in [-0.25, -0.2) is 4.98 Å². The van der Waals surface area contributed by atoms with Crippen LogP contribution in [-0.2, 0) is 6.42 Å². The summed E-state index contributed by atoms with van der Waals surface area (Å²) in [5, 5.41) is 2.81. The Morgan fingerprint density at radius 3 is 3.04 bits per heavy atom. The van der Waals surface area contributed by atoms with Gasteiger partial charge in [0.05, 0.1) is 10.9 Å². The summed E-state index contributed by atoms with van der Waals surface area (Å²) in [6.45, 7) is 2.06. The van der Waals surface area contributed by atoms with Crippen LogP contribution in [0.15, 0.2) is 46.6 Å². The van der Waals surface area contributed by atoms with Crippen LogP contribution < -0.4 is 5.56 Å². The zero-order chi connectivity index (χ0) is 15.6. The van der Waals surface area contributed by atoms with E-state index in [1.54, 1.807) is 0 Å². The quantitative estimate of drug-likeness (QED) is 0.800. The number of hydrogen-bond donors (Lipinski definition) is 1. The minimum Gasteiger partial charge on any atom is -0.310 e. The third-order valence-corrected chi connectivity index (χ3v) is 5.51. The summed E-state index contributed by atoms with van der Waals surface area (Å²) in [7, 11) is 0. The van der Waals surface area contributed by atoms with Gasteiger partial charge in [-0.1, -0.05) is 18.2 Å². The number of nitrogens with zero attached hydrogens (tertiary/aromatic N) is 2. The molecule has 0 amide bonds. The Balaban J connectivity index is 1.51. The van der Waals surface area contributed by atoms with Gasteiger partial charge in [0, 0.05) is 23.9 Å². The Bertz CT molecular complexity index is 856. The summed E-state index contributed by atoms with van der Waals surface area (Å²) in [6.07, 6.45) is 3.24. The van der Waals surface area contributed by atoms with Crippen molar-refractivity contribution in [3.63, 3.8) is 0 Å². The highest BCUT2D eigenvalue weighted by atomic mass is 32.1. The Morgan fingerprint density at radius 2 is 2.17 bits per heavy atom. The van der Waals surface area contributed by atoms with Gasteiger partial charge in [0.2, 0.25) is 0 Å². The fourth-order valence-corrected chi connectivity index (χ4v) is 4.30. The highest BCUT2D eigenvalue weighted by molar-refractivity contribution is 7.10. The molecule has 5 heteroatoms. The topological polar surface area (TPSA) is 49.0 Å². The van der Waals surface area contributed by atoms with E-state index in [-0.39, 0.29) is 5.56 Å². The number of benzene rings is 1. The van der Waals surface area contributed by atoms with E-state index in [4.69, 9.17) is 0 Å². The summed E-state index contributed by atoms with van der Waals surface area (Å²) < 4.78 is 0. The van der Waals surface area contributed by atoms with Crippen LogP contribution in [0, 0.1) is 0 Å². The molecular formula is C18H19N3OS. The number of likely N-dealkylation sites (tertiary alicyclic amines) is 1. The Labute approximate surface area is 138 Å². The average Bonchev–Trinajstić information content (AvgIpc) is 3.24. The van der Waals surface area contributed by atoms with Crippen LogP contribution in [0.5, 0.6) is 0 Å². The van der Waals surface area contributed by atoms with E-state index in [1.807, 2.05) is 35.6 Å². The number of aromatic amines is 1. The zero-order valence-corrected chi connectivity index (χ0v) is 13.7. The van der Waals surface area contributed by atoms with Gasteiger partial charge < -0.3 is 4.98 Å². The van der Waals surface area contributed by atoms with Crippen molar-refractivity contribution in [2.24, 2.45) is 0 Å². The van der Waals surface area contributed by atoms with Gasteiger partial charge in [0.1, 0.15) is 5.82 Å². The number of nitrogens with one attached hydrogen (secondary N) is 1. The largest absolute Gasteiger partial charge is 0.310 e. The molecule has 0 radical (unpaired) electrons. The monoisotopic (exact) mass is 325 g/mol. The number of rotatable bonds is 4. The van der Waals surface area contributed by atoms with Crippen LogP contribution in [0.1, 0.15) is 29.6 Å². The van der Waals surface area contributed by atoms with Gasteiger partial charge in [0.25, 0.3) is 5.56 Å². The van der Waals surface area contributed by atoms with Crippen LogP contribution in [-0.4, -0.2) is 28.0 Å². The lowest BCUT2D eigenvalue weighted by Gasteiger charge is -2.23. The van der Waals surface area contributed by atoms with Gasteiger partial charge >= 0.3 is 0 Å². The van der Waals surface area contributed by atoms with E-state index >= 15 is 0 Å². The maximum atomic E-state index is 12.1. The standard InChI is InChI=1S/C18H19N3OS/c22-18-13-5-1-2-6-14(13)19-17(20-18)9-11-21-10-3-7-15(21)16-8-4-12-23-16/h1-2,4-6,8,12,15H,3,7,9-11H2,(H,19,20,22)/t15-/m0/s1. The van der Waals surface area contributed by atoms with Crippen molar-refractivity contribution in [1.82, 2.24) is 14.9 Å². The van der Waals surface area contributed by atoms with Gasteiger partial charge in [-0.05, 0) is 43.0 Å². The maximum Gasteiger partial charge on any atom is 0.258 e. The first kappa shape index (κ1) is 14.6. The van der Waals surface area contributed by atoms with Crippen molar-refractivity contribution in [1.29, 1.82) is 0 Å². The number of fused-ring (bicyclic) bond motifs is 1. The predicted molar refractivity (Wildman–Crippen MR) is 93.9 cm³/mol. The minimum atomic E-state index is -0.0400. The highest BCUT2D eigenvalue weighted by Gasteiger charge is 2.26. The third-order valence-electron chi connectivity index (χ3n) is 4.53. The molecule has 0 spiro atoms. The molecule has 4 rings (SSSR count). The SMILES string of the molecule is O=c1[nH]c(CCN2CCC[C@H]2c2cccs2)nc2ccccc12.